The van der Waals surface area contributed by atoms with E-state index in [1.54, 1.807) is 6.92 Å². The van der Waals surface area contributed by atoms with Crippen LogP contribution in [0.3, 0.4) is 0 Å². The van der Waals surface area contributed by atoms with E-state index in [2.05, 4.69) is 36.4 Å². The van der Waals surface area contributed by atoms with Gasteiger partial charge in [-0.3, -0.25) is 4.79 Å². The second-order valence-electron chi connectivity index (χ2n) is 6.06. The fourth-order valence-electron chi connectivity index (χ4n) is 2.44. The number of amides is 1. The first-order chi connectivity index (χ1) is 10.4. The normalized spacial score (nSPS) is 13.8. The van der Waals surface area contributed by atoms with Crippen LogP contribution in [0.25, 0.3) is 11.0 Å². The Labute approximate surface area is 132 Å². The molecule has 0 saturated carbocycles. The lowest BCUT2D eigenvalue weighted by Crippen LogP contribution is -2.29. The summed E-state index contributed by atoms with van der Waals surface area (Å²) in [6, 6.07) is 7.96. The zero-order chi connectivity index (χ0) is 16.3. The van der Waals surface area contributed by atoms with Crippen molar-refractivity contribution in [2.24, 2.45) is 5.92 Å². The van der Waals surface area contributed by atoms with E-state index >= 15 is 0 Å². The van der Waals surface area contributed by atoms with E-state index in [-0.39, 0.29) is 11.9 Å². The number of carbonyl (C=O) groups is 1. The number of rotatable bonds is 6. The molecule has 0 bridgehead atoms. The van der Waals surface area contributed by atoms with Gasteiger partial charge < -0.3 is 9.88 Å². The minimum atomic E-state index is -0.152. The zero-order valence-electron chi connectivity index (χ0n) is 13.9. The van der Waals surface area contributed by atoms with Gasteiger partial charge in [-0.2, -0.15) is 0 Å². The monoisotopic (exact) mass is 299 g/mol. The molecule has 0 aliphatic heterocycles. The number of nitrogens with zero attached hydrogens (tertiary/aromatic N) is 2. The topological polar surface area (TPSA) is 46.9 Å². The largest absolute Gasteiger partial charge is 0.343 e. The van der Waals surface area contributed by atoms with Crippen molar-refractivity contribution in [1.29, 1.82) is 0 Å². The maximum atomic E-state index is 11.9. The van der Waals surface area contributed by atoms with Crippen molar-refractivity contribution in [2.75, 3.05) is 0 Å². The highest BCUT2D eigenvalue weighted by Crippen LogP contribution is 2.23. The third-order valence-corrected chi connectivity index (χ3v) is 4.00. The van der Waals surface area contributed by atoms with Crippen LogP contribution < -0.4 is 5.32 Å². The summed E-state index contributed by atoms with van der Waals surface area (Å²) in [5, 5.41) is 2.97. The number of fused-ring (bicyclic) bond motifs is 1. The van der Waals surface area contributed by atoms with Crippen LogP contribution in [0.15, 0.2) is 36.4 Å². The lowest BCUT2D eigenvalue weighted by molar-refractivity contribution is -0.118. The molecule has 0 aliphatic rings. The summed E-state index contributed by atoms with van der Waals surface area (Å²) >= 11 is 0. The van der Waals surface area contributed by atoms with Crippen LogP contribution >= 0.6 is 0 Å². The minimum absolute atomic E-state index is 0.130. The van der Waals surface area contributed by atoms with Gasteiger partial charge in [0.25, 0.3) is 0 Å². The van der Waals surface area contributed by atoms with Gasteiger partial charge in [-0.15, -0.1) is 0 Å². The molecule has 1 N–H and O–H groups in total. The SMILES string of the molecule is C=C(C)C(=O)NC(C)c1nc2ccccc2n1CC(C)CC. The Balaban J connectivity index is 2.40. The predicted octanol–water partition coefficient (Wildman–Crippen LogP) is 3.84. The van der Waals surface area contributed by atoms with Crippen molar-refractivity contribution < 1.29 is 4.79 Å². The fraction of sp³-hybridized carbons (Fsp3) is 0.444. The van der Waals surface area contributed by atoms with Crippen LogP contribution in [0.5, 0.6) is 0 Å². The van der Waals surface area contributed by atoms with E-state index in [1.807, 2.05) is 25.1 Å². The number of hydrogen-bond acceptors (Lipinski definition) is 2. The molecule has 118 valence electrons. The van der Waals surface area contributed by atoms with E-state index in [0.717, 1.165) is 29.8 Å². The summed E-state index contributed by atoms with van der Waals surface area (Å²) in [4.78, 5) is 16.6. The standard InChI is InChI=1S/C18H25N3O/c1-6-13(4)11-21-16-10-8-7-9-15(16)20-17(21)14(5)19-18(22)12(2)3/h7-10,13-14H,2,6,11H2,1,3-5H3,(H,19,22). The van der Waals surface area contributed by atoms with Crippen molar-refractivity contribution in [2.45, 2.75) is 46.7 Å². The molecule has 2 unspecified atom stereocenters. The second-order valence-corrected chi connectivity index (χ2v) is 6.06. The minimum Gasteiger partial charge on any atom is -0.343 e. The first kappa shape index (κ1) is 16.3. The third-order valence-electron chi connectivity index (χ3n) is 4.00. The molecule has 0 aliphatic carbocycles. The van der Waals surface area contributed by atoms with Crippen LogP contribution in [0.4, 0.5) is 0 Å². The van der Waals surface area contributed by atoms with Gasteiger partial charge in [-0.1, -0.05) is 39.0 Å². The average molecular weight is 299 g/mol. The molecule has 2 aromatic rings. The van der Waals surface area contributed by atoms with E-state index in [0.29, 0.717) is 11.5 Å². The van der Waals surface area contributed by atoms with Crippen LogP contribution in [-0.4, -0.2) is 15.5 Å². The van der Waals surface area contributed by atoms with Crippen molar-refractivity contribution in [3.05, 3.63) is 42.2 Å². The average Bonchev–Trinajstić information content (AvgIpc) is 2.86. The van der Waals surface area contributed by atoms with Crippen molar-refractivity contribution >= 4 is 16.9 Å². The van der Waals surface area contributed by atoms with Gasteiger partial charge in [-0.25, -0.2) is 4.98 Å². The molecular formula is C18H25N3O. The second kappa shape index (κ2) is 6.77. The van der Waals surface area contributed by atoms with Gasteiger partial charge >= 0.3 is 0 Å². The van der Waals surface area contributed by atoms with Crippen LogP contribution in [0.2, 0.25) is 0 Å². The van der Waals surface area contributed by atoms with Gasteiger partial charge in [0.15, 0.2) is 0 Å². The molecule has 1 aromatic heterocycles. The van der Waals surface area contributed by atoms with Crippen molar-refractivity contribution in [1.82, 2.24) is 14.9 Å². The molecule has 1 heterocycles. The van der Waals surface area contributed by atoms with E-state index in [9.17, 15) is 4.79 Å². The molecular weight excluding hydrogens is 274 g/mol. The lowest BCUT2D eigenvalue weighted by atomic mass is 10.1. The summed E-state index contributed by atoms with van der Waals surface area (Å²) in [5.41, 5.74) is 2.60. The summed E-state index contributed by atoms with van der Waals surface area (Å²) in [7, 11) is 0. The quantitative estimate of drug-likeness (QED) is 0.824. The molecule has 22 heavy (non-hydrogen) atoms. The Morgan fingerprint density at radius 2 is 2.05 bits per heavy atom. The molecule has 0 saturated heterocycles. The third kappa shape index (κ3) is 3.38. The number of aromatic nitrogens is 2. The Hall–Kier alpha value is -2.10. The summed E-state index contributed by atoms with van der Waals surface area (Å²) in [6.07, 6.45) is 1.11. The summed E-state index contributed by atoms with van der Waals surface area (Å²) in [5.74, 6) is 1.33. The van der Waals surface area contributed by atoms with Gasteiger partial charge in [0.1, 0.15) is 5.82 Å². The smallest absolute Gasteiger partial charge is 0.246 e. The number of carbonyl (C=O) groups excluding carboxylic acids is 1. The zero-order valence-corrected chi connectivity index (χ0v) is 13.9. The fourth-order valence-corrected chi connectivity index (χ4v) is 2.44. The number of para-hydroxylation sites is 2. The molecule has 0 radical (unpaired) electrons. The Morgan fingerprint density at radius 3 is 2.68 bits per heavy atom. The Bertz CT molecular complexity index is 687. The van der Waals surface area contributed by atoms with E-state index in [4.69, 9.17) is 4.98 Å². The van der Waals surface area contributed by atoms with Crippen molar-refractivity contribution in [3.63, 3.8) is 0 Å². The number of imidazole rings is 1. The molecule has 0 fully saturated rings. The maximum Gasteiger partial charge on any atom is 0.246 e. The summed E-state index contributed by atoms with van der Waals surface area (Å²) in [6.45, 7) is 12.7. The Morgan fingerprint density at radius 1 is 1.36 bits per heavy atom. The highest BCUT2D eigenvalue weighted by molar-refractivity contribution is 5.92. The summed E-state index contributed by atoms with van der Waals surface area (Å²) < 4.78 is 2.23. The Kier molecular flexibility index (Phi) is 5.01. The first-order valence-electron chi connectivity index (χ1n) is 7.85. The lowest BCUT2D eigenvalue weighted by Gasteiger charge is -2.18. The number of nitrogens with one attached hydrogen (secondary N) is 1. The molecule has 2 atom stereocenters. The van der Waals surface area contributed by atoms with Gasteiger partial charge in [0.05, 0.1) is 17.1 Å². The van der Waals surface area contributed by atoms with Crippen molar-refractivity contribution in [3.8, 4) is 0 Å². The van der Waals surface area contributed by atoms with Crippen LogP contribution in [0.1, 0.15) is 46.0 Å². The maximum absolute atomic E-state index is 11.9. The van der Waals surface area contributed by atoms with Crippen LogP contribution in [-0.2, 0) is 11.3 Å². The number of hydrogen-bond donors (Lipinski definition) is 1. The molecule has 2 rings (SSSR count). The highest BCUT2D eigenvalue weighted by atomic mass is 16.1. The van der Waals surface area contributed by atoms with E-state index < -0.39 is 0 Å². The van der Waals surface area contributed by atoms with E-state index in [1.165, 1.54) is 0 Å². The molecule has 4 heteroatoms. The highest BCUT2D eigenvalue weighted by Gasteiger charge is 2.19. The van der Waals surface area contributed by atoms with Gasteiger partial charge in [-0.05, 0) is 31.9 Å². The number of benzene rings is 1. The molecule has 0 spiro atoms. The molecule has 1 amide bonds. The predicted molar refractivity (Wildman–Crippen MR) is 90.6 cm³/mol. The van der Waals surface area contributed by atoms with Gasteiger partial charge in [0.2, 0.25) is 5.91 Å². The molecule has 4 nitrogen and oxygen atoms in total. The molecule has 1 aromatic carbocycles. The van der Waals surface area contributed by atoms with Crippen LogP contribution in [0, 0.1) is 5.92 Å². The van der Waals surface area contributed by atoms with Gasteiger partial charge in [0, 0.05) is 12.1 Å². The first-order valence-corrected chi connectivity index (χ1v) is 7.85.